The van der Waals surface area contributed by atoms with Crippen molar-refractivity contribution in [1.29, 1.82) is 0 Å². The summed E-state index contributed by atoms with van der Waals surface area (Å²) in [6, 6.07) is 19.3. The third kappa shape index (κ3) is 40.4. The van der Waals surface area contributed by atoms with Crippen LogP contribution in [0.5, 0.6) is 46.0 Å². The zero-order valence-corrected chi connectivity index (χ0v) is 46.3. The zero-order valence-electron chi connectivity index (χ0n) is 42.4. The van der Waals surface area contributed by atoms with Gasteiger partial charge < -0.3 is 60.6 Å². The van der Waals surface area contributed by atoms with Gasteiger partial charge in [-0.2, -0.15) is 0 Å². The first-order chi connectivity index (χ1) is 35.3. The summed E-state index contributed by atoms with van der Waals surface area (Å²) in [5.74, 6) is 2.39. The number of ether oxygens (including phenoxy) is 4. The predicted octanol–water partition coefficient (Wildman–Crippen LogP) is -6.82. The first-order valence-corrected chi connectivity index (χ1v) is 25.2. The van der Waals surface area contributed by atoms with Crippen LogP contribution in [0.4, 0.5) is 0 Å². The Morgan fingerprint density at radius 2 is 0.539 bits per heavy atom. The van der Waals surface area contributed by atoms with Gasteiger partial charge in [0.2, 0.25) is 0 Å². The summed E-state index contributed by atoms with van der Waals surface area (Å²) >= 11 is 0. The molecule has 4 rings (SSSR count). The fourth-order valence-corrected chi connectivity index (χ4v) is 5.70. The van der Waals surface area contributed by atoms with Crippen LogP contribution in [0.1, 0.15) is 47.9 Å². The van der Waals surface area contributed by atoms with E-state index in [1.165, 1.54) is 24.3 Å². The van der Waals surface area contributed by atoms with E-state index >= 15 is 0 Å². The number of benzene rings is 4. The maximum absolute atomic E-state index is 11.7. The molecule has 0 bridgehead atoms. The van der Waals surface area contributed by atoms with E-state index in [0.29, 0.717) is 71.4 Å². The van der Waals surface area contributed by atoms with Gasteiger partial charge >= 0.3 is 34.1 Å². The first-order valence-electron chi connectivity index (χ1n) is 22.7. The van der Waals surface area contributed by atoms with Gasteiger partial charge in [-0.1, -0.05) is 47.3 Å². The molecule has 0 aromatic heterocycles. The summed E-state index contributed by atoms with van der Waals surface area (Å²) in [5.41, 5.74) is 2.18. The Hall–Kier alpha value is -4.90. The van der Waals surface area contributed by atoms with Gasteiger partial charge in [0.05, 0.1) is 28.4 Å². The van der Waals surface area contributed by atoms with Crippen LogP contribution in [-0.4, -0.2) is 132 Å². The van der Waals surface area contributed by atoms with E-state index in [0.717, 1.165) is 78.0 Å². The quantitative estimate of drug-likeness (QED) is 0.0214. The molecule has 420 valence electrons. The first kappa shape index (κ1) is 73.2. The molecule has 0 aliphatic heterocycles. The molecule has 0 aliphatic carbocycles. The van der Waals surface area contributed by atoms with Crippen molar-refractivity contribution in [2.24, 2.45) is 20.0 Å². The summed E-state index contributed by atoms with van der Waals surface area (Å²) in [4.78, 5) is 17.3. The molecule has 0 spiro atoms. The minimum absolute atomic E-state index is 0. The molecular weight excluding hydrogens is 1130 g/mol. The van der Waals surface area contributed by atoms with Gasteiger partial charge in [0, 0.05) is 77.2 Å². The van der Waals surface area contributed by atoms with Gasteiger partial charge in [-0.05, 0) is 123 Å². The largest absolute Gasteiger partial charge is 3.00 e. The number of aliphatic imine (C=N–C) groups is 4. The molecule has 0 heterocycles. The third-order valence-electron chi connectivity index (χ3n) is 9.31. The third-order valence-corrected chi connectivity index (χ3v) is 9.31. The van der Waals surface area contributed by atoms with Crippen LogP contribution in [0.15, 0.2) is 92.8 Å². The monoisotopic (exact) mass is 1190 g/mol. The molecule has 4 aromatic rings. The van der Waals surface area contributed by atoms with Crippen LogP contribution in [0, 0.1) is 20.5 Å². The van der Waals surface area contributed by atoms with Gasteiger partial charge in [0.25, 0.3) is 0 Å². The fraction of sp³-hybridized carbons (Fsp3) is 0.417. The van der Waals surface area contributed by atoms with E-state index in [9.17, 15) is 20.4 Å². The van der Waals surface area contributed by atoms with Crippen molar-refractivity contribution in [3.8, 4) is 46.0 Å². The Balaban J connectivity index is 0. The summed E-state index contributed by atoms with van der Waals surface area (Å²) in [5, 5.41) is 60.4. The van der Waals surface area contributed by atoms with Crippen molar-refractivity contribution >= 4 is 24.9 Å². The minimum Gasteiger partial charge on any atom is -0.872 e. The van der Waals surface area contributed by atoms with E-state index in [1.807, 2.05) is 0 Å². The molecule has 0 unspecified atom stereocenters. The van der Waals surface area contributed by atoms with Crippen LogP contribution in [-0.2, 0) is 34.1 Å². The molecule has 0 saturated heterocycles. The molecule has 76 heavy (non-hydrogen) atoms. The maximum atomic E-state index is 11.7. The second-order valence-electron chi connectivity index (χ2n) is 14.9. The number of nitrogens with zero attached hydrogens (tertiary/aromatic N) is 4. The number of rotatable bonds is 30. The molecule has 4 N–H and O–H groups in total. The van der Waals surface area contributed by atoms with E-state index < -0.39 is 20.5 Å². The summed E-state index contributed by atoms with van der Waals surface area (Å²) in [7, 11) is -3.60. The molecule has 0 aliphatic rings. The Morgan fingerprint density at radius 3 is 0.711 bits per heavy atom. The Morgan fingerprint density at radius 1 is 0.355 bits per heavy atom. The molecule has 24 nitrogen and oxygen atoms in total. The Labute approximate surface area is 468 Å². The van der Waals surface area contributed by atoms with Gasteiger partial charge in [-0.15, -0.1) is 20.5 Å². The average molecular weight is 1190 g/mol. The summed E-state index contributed by atoms with van der Waals surface area (Å²) in [6.07, 6.45) is 10.0. The van der Waals surface area contributed by atoms with Crippen molar-refractivity contribution in [2.75, 3.05) is 107 Å². The number of methoxy groups -OCH3 is 4. The molecule has 0 radical (unpaired) electrons. The zero-order chi connectivity index (χ0) is 55.0. The van der Waals surface area contributed by atoms with Crippen LogP contribution >= 0.6 is 0 Å². The molecule has 0 saturated carbocycles. The predicted molar refractivity (Wildman–Crippen MR) is 250 cm³/mol. The van der Waals surface area contributed by atoms with Crippen molar-refractivity contribution in [3.63, 3.8) is 0 Å². The second-order valence-corrected chi connectivity index (χ2v) is 16.4. The van der Waals surface area contributed by atoms with E-state index in [2.05, 4.69) is 41.2 Å². The smallest absolute Gasteiger partial charge is 0.872 e. The van der Waals surface area contributed by atoms with E-state index in [4.69, 9.17) is 56.2 Å². The van der Waals surface area contributed by atoms with Gasteiger partial charge in [-0.25, -0.2) is 37.3 Å². The van der Waals surface area contributed by atoms with Crippen molar-refractivity contribution in [2.45, 2.75) is 25.7 Å². The van der Waals surface area contributed by atoms with Crippen LogP contribution < -0.4 is 97.9 Å². The van der Waals surface area contributed by atoms with Gasteiger partial charge in [0.15, 0.2) is 0 Å². The Bertz CT molecular complexity index is 1950. The van der Waals surface area contributed by atoms with Crippen LogP contribution in [0.25, 0.3) is 0 Å². The van der Waals surface area contributed by atoms with E-state index in [-0.39, 0.29) is 57.1 Å². The standard InChI is InChI=1S/2C24H34N4O4.2ClHO4.2Mn/c2*1-31-21-5-7-23(29)19(15-21)17-27-11-3-9-25-13-14-26-10-4-12-28-18-20-16-22(32-2)6-8-24(20)30;2*2-1(3,4)5;;/h2*5-8,15-18,25-26,29-30H,3-4,9-14H2,1-2H3;2*(H,2,3,4,5);;/q;;;;2*+3/p-6. The van der Waals surface area contributed by atoms with Crippen molar-refractivity contribution in [1.82, 2.24) is 21.3 Å². The Kier molecular flexibility index (Phi) is 42.5. The second kappa shape index (κ2) is 44.1. The summed E-state index contributed by atoms with van der Waals surface area (Å²) in [6.45, 7) is 9.59. The maximum Gasteiger partial charge on any atom is 3.00 e. The molecule has 28 heteroatoms. The molecular formula is C48H64Cl2Mn2N8O16. The molecule has 0 fully saturated rings. The van der Waals surface area contributed by atoms with Crippen LogP contribution in [0.3, 0.4) is 0 Å². The van der Waals surface area contributed by atoms with Crippen molar-refractivity contribution in [3.05, 3.63) is 95.1 Å². The number of hydrogen-bond acceptors (Lipinski definition) is 24. The molecule has 0 atom stereocenters. The number of halogens is 2. The summed E-state index contributed by atoms with van der Waals surface area (Å²) < 4.78 is 88.4. The number of hydrogen-bond donors (Lipinski definition) is 4. The fourth-order valence-electron chi connectivity index (χ4n) is 5.70. The SMILES string of the molecule is COc1ccc([O-])c(C=NCCCNCCNCCCN=Cc2cc(OC)ccc2[O-])c1.COc1ccc([O-])c(C=NCCCNCCNCCCN=Cc2cc(OC)ccc2[O-])c1.[Mn+3].[Mn+3].[O-][Cl+3]([O-])([O-])[O-].[O-][Cl+3]([O-])([O-])[O-]. The molecule has 0 amide bonds. The van der Waals surface area contributed by atoms with Gasteiger partial charge in [0.1, 0.15) is 23.0 Å². The van der Waals surface area contributed by atoms with Gasteiger partial charge in [-0.3, -0.25) is 20.0 Å². The average Bonchev–Trinajstić information content (AvgIpc) is 3.35. The normalized spacial score (nSPS) is 11.2. The minimum atomic E-state index is -4.94. The molecule has 4 aromatic carbocycles. The van der Waals surface area contributed by atoms with Crippen molar-refractivity contribution < 1.29 is 131 Å². The topological polar surface area (TPSA) is 411 Å². The van der Waals surface area contributed by atoms with E-state index in [1.54, 1.807) is 102 Å². The number of nitrogens with one attached hydrogen (secondary N) is 4. The van der Waals surface area contributed by atoms with Crippen LogP contribution in [0.2, 0.25) is 0 Å².